The molecule has 0 aliphatic rings. The molecule has 0 fully saturated rings. The molecule has 0 saturated carbocycles. The van der Waals surface area contributed by atoms with Crippen LogP contribution in [0, 0.1) is 11.2 Å². The first-order valence-corrected chi connectivity index (χ1v) is 5.62. The summed E-state index contributed by atoms with van der Waals surface area (Å²) in [5.41, 5.74) is 5.39. The predicted octanol–water partition coefficient (Wildman–Crippen LogP) is 2.93. The van der Waals surface area contributed by atoms with E-state index in [1.165, 1.54) is 18.2 Å². The van der Waals surface area contributed by atoms with Crippen molar-refractivity contribution in [3.63, 3.8) is 0 Å². The Morgan fingerprint density at radius 3 is 2.59 bits per heavy atom. The van der Waals surface area contributed by atoms with Gasteiger partial charge in [0.2, 0.25) is 5.91 Å². The molecular formula is C11H15BrClFN2O. The molecular weight excluding hydrogens is 310 g/mol. The van der Waals surface area contributed by atoms with Crippen molar-refractivity contribution in [3.05, 3.63) is 28.5 Å². The Morgan fingerprint density at radius 1 is 1.53 bits per heavy atom. The second-order valence-electron chi connectivity index (χ2n) is 4.17. The first-order chi connectivity index (χ1) is 7.36. The number of rotatable bonds is 3. The van der Waals surface area contributed by atoms with Gasteiger partial charge in [-0.15, -0.1) is 12.4 Å². The summed E-state index contributed by atoms with van der Waals surface area (Å²) in [4.78, 5) is 11.8. The number of benzene rings is 1. The van der Waals surface area contributed by atoms with Gasteiger partial charge in [-0.2, -0.15) is 0 Å². The molecule has 1 rings (SSSR count). The smallest absolute Gasteiger partial charge is 0.231 e. The molecule has 0 heterocycles. The number of amides is 1. The van der Waals surface area contributed by atoms with Gasteiger partial charge in [-0.1, -0.05) is 0 Å². The molecule has 17 heavy (non-hydrogen) atoms. The standard InChI is InChI=1S/C11H14BrFN2O.ClH/c1-11(2,6-14)10(16)15-7-3-4-9(13)8(12)5-7;/h3-5H,6,14H2,1-2H3,(H,15,16);1H. The van der Waals surface area contributed by atoms with Crippen molar-refractivity contribution in [3.8, 4) is 0 Å². The van der Waals surface area contributed by atoms with Crippen LogP contribution >= 0.6 is 28.3 Å². The zero-order chi connectivity index (χ0) is 12.3. The summed E-state index contributed by atoms with van der Waals surface area (Å²) in [6.07, 6.45) is 0. The van der Waals surface area contributed by atoms with Crippen molar-refractivity contribution in [2.45, 2.75) is 13.8 Å². The molecule has 3 N–H and O–H groups in total. The summed E-state index contributed by atoms with van der Waals surface area (Å²) < 4.78 is 13.3. The normalized spacial score (nSPS) is 10.6. The fourth-order valence-electron chi connectivity index (χ4n) is 0.967. The molecule has 0 unspecified atom stereocenters. The monoisotopic (exact) mass is 324 g/mol. The van der Waals surface area contributed by atoms with E-state index in [1.807, 2.05) is 0 Å². The Morgan fingerprint density at radius 2 is 2.12 bits per heavy atom. The van der Waals surface area contributed by atoms with E-state index >= 15 is 0 Å². The number of nitrogens with one attached hydrogen (secondary N) is 1. The molecule has 0 aromatic heterocycles. The first kappa shape index (κ1) is 16.4. The van der Waals surface area contributed by atoms with Crippen LogP contribution in [-0.2, 0) is 4.79 Å². The molecule has 3 nitrogen and oxygen atoms in total. The molecule has 0 aliphatic heterocycles. The minimum atomic E-state index is -0.638. The summed E-state index contributed by atoms with van der Waals surface area (Å²) in [6, 6.07) is 4.31. The zero-order valence-electron chi connectivity index (χ0n) is 9.59. The molecule has 0 radical (unpaired) electrons. The highest BCUT2D eigenvalue weighted by molar-refractivity contribution is 9.10. The maximum atomic E-state index is 13.0. The predicted molar refractivity (Wildman–Crippen MR) is 72.8 cm³/mol. The molecule has 0 spiro atoms. The second kappa shape index (κ2) is 6.33. The maximum absolute atomic E-state index is 13.0. The van der Waals surface area contributed by atoms with E-state index in [2.05, 4.69) is 21.2 Å². The Kier molecular flexibility index (Phi) is 6.09. The van der Waals surface area contributed by atoms with Crippen molar-refractivity contribution in [2.24, 2.45) is 11.1 Å². The summed E-state index contributed by atoms with van der Waals surface area (Å²) in [6.45, 7) is 3.75. The van der Waals surface area contributed by atoms with Gasteiger partial charge in [-0.25, -0.2) is 4.39 Å². The van der Waals surface area contributed by atoms with Gasteiger partial charge in [-0.3, -0.25) is 4.79 Å². The van der Waals surface area contributed by atoms with E-state index in [9.17, 15) is 9.18 Å². The minimum Gasteiger partial charge on any atom is -0.329 e. The van der Waals surface area contributed by atoms with Crippen molar-refractivity contribution in [2.75, 3.05) is 11.9 Å². The third-order valence-corrected chi connectivity index (χ3v) is 2.91. The van der Waals surface area contributed by atoms with Crippen molar-refractivity contribution in [1.82, 2.24) is 0 Å². The van der Waals surface area contributed by atoms with Crippen LogP contribution in [0.25, 0.3) is 0 Å². The molecule has 1 aromatic carbocycles. The van der Waals surface area contributed by atoms with Crippen molar-refractivity contribution < 1.29 is 9.18 Å². The lowest BCUT2D eigenvalue weighted by Crippen LogP contribution is -2.37. The van der Waals surface area contributed by atoms with Crippen LogP contribution < -0.4 is 11.1 Å². The van der Waals surface area contributed by atoms with Crippen molar-refractivity contribution in [1.29, 1.82) is 0 Å². The molecule has 0 saturated heterocycles. The maximum Gasteiger partial charge on any atom is 0.231 e. The third kappa shape index (κ3) is 4.26. The van der Waals surface area contributed by atoms with Crippen LogP contribution in [-0.4, -0.2) is 12.5 Å². The van der Waals surface area contributed by atoms with E-state index in [1.54, 1.807) is 13.8 Å². The van der Waals surface area contributed by atoms with Crippen LogP contribution in [0.3, 0.4) is 0 Å². The highest BCUT2D eigenvalue weighted by atomic mass is 79.9. The van der Waals surface area contributed by atoms with Crippen LogP contribution in [0.4, 0.5) is 10.1 Å². The zero-order valence-corrected chi connectivity index (χ0v) is 12.0. The van der Waals surface area contributed by atoms with Gasteiger partial charge in [0.15, 0.2) is 0 Å². The summed E-state index contributed by atoms with van der Waals surface area (Å²) in [5, 5.41) is 2.69. The average Bonchev–Trinajstić information content (AvgIpc) is 2.23. The van der Waals surface area contributed by atoms with Crippen LogP contribution in [0.5, 0.6) is 0 Å². The summed E-state index contributed by atoms with van der Waals surface area (Å²) in [5.74, 6) is -0.551. The number of nitrogens with two attached hydrogens (primary N) is 1. The highest BCUT2D eigenvalue weighted by Gasteiger charge is 2.25. The highest BCUT2D eigenvalue weighted by Crippen LogP contribution is 2.22. The SMILES string of the molecule is CC(C)(CN)C(=O)Nc1ccc(F)c(Br)c1.Cl. The number of halogens is 3. The van der Waals surface area contributed by atoms with Gasteiger partial charge >= 0.3 is 0 Å². The number of hydrogen-bond donors (Lipinski definition) is 2. The summed E-state index contributed by atoms with van der Waals surface area (Å²) >= 11 is 3.05. The Labute approximate surface area is 114 Å². The van der Waals surface area contributed by atoms with E-state index in [0.29, 0.717) is 10.2 Å². The summed E-state index contributed by atoms with van der Waals surface area (Å²) in [7, 11) is 0. The van der Waals surface area contributed by atoms with Crippen LogP contribution in [0.15, 0.2) is 22.7 Å². The second-order valence-corrected chi connectivity index (χ2v) is 5.03. The molecule has 0 aliphatic carbocycles. The molecule has 6 heteroatoms. The minimum absolute atomic E-state index is 0. The van der Waals surface area contributed by atoms with Crippen LogP contribution in [0.1, 0.15) is 13.8 Å². The fraction of sp³-hybridized carbons (Fsp3) is 0.364. The molecule has 0 atom stereocenters. The molecule has 96 valence electrons. The number of carbonyl (C=O) groups excluding carboxylic acids is 1. The molecule has 1 aromatic rings. The number of hydrogen-bond acceptors (Lipinski definition) is 2. The van der Waals surface area contributed by atoms with Gasteiger partial charge < -0.3 is 11.1 Å². The molecule has 0 bridgehead atoms. The lowest BCUT2D eigenvalue weighted by Gasteiger charge is -2.21. The Bertz CT molecular complexity index is 412. The fourth-order valence-corrected chi connectivity index (χ4v) is 1.35. The molecule has 1 amide bonds. The quantitative estimate of drug-likeness (QED) is 0.898. The van der Waals surface area contributed by atoms with E-state index in [4.69, 9.17) is 5.73 Å². The van der Waals surface area contributed by atoms with Crippen LogP contribution in [0.2, 0.25) is 0 Å². The van der Waals surface area contributed by atoms with E-state index < -0.39 is 5.41 Å². The van der Waals surface area contributed by atoms with E-state index in [0.717, 1.165) is 0 Å². The number of anilines is 1. The third-order valence-electron chi connectivity index (χ3n) is 2.30. The van der Waals surface area contributed by atoms with E-state index in [-0.39, 0.29) is 30.7 Å². The Hall–Kier alpha value is -0.650. The Balaban J connectivity index is 0.00000256. The van der Waals surface area contributed by atoms with Crippen molar-refractivity contribution >= 4 is 39.9 Å². The van der Waals surface area contributed by atoms with Gasteiger partial charge in [0.05, 0.1) is 9.89 Å². The van der Waals surface area contributed by atoms with Gasteiger partial charge in [0.1, 0.15) is 5.82 Å². The number of carbonyl (C=O) groups is 1. The van der Waals surface area contributed by atoms with Gasteiger partial charge in [0.25, 0.3) is 0 Å². The van der Waals surface area contributed by atoms with Gasteiger partial charge in [0, 0.05) is 12.2 Å². The lowest BCUT2D eigenvalue weighted by molar-refractivity contribution is -0.123. The first-order valence-electron chi connectivity index (χ1n) is 4.83. The lowest BCUT2D eigenvalue weighted by atomic mass is 9.92. The largest absolute Gasteiger partial charge is 0.329 e. The topological polar surface area (TPSA) is 55.1 Å². The van der Waals surface area contributed by atoms with Gasteiger partial charge in [-0.05, 0) is 48.0 Å². The average molecular weight is 326 g/mol.